The first-order valence-corrected chi connectivity index (χ1v) is 5.40. The zero-order chi connectivity index (χ0) is 11.5. The summed E-state index contributed by atoms with van der Waals surface area (Å²) >= 11 is 0. The summed E-state index contributed by atoms with van der Waals surface area (Å²) in [5.41, 5.74) is 0.789. The molecule has 0 saturated carbocycles. The number of benzene rings is 1. The molecule has 1 aromatic carbocycles. The Bertz CT molecular complexity index is 403. The molecule has 1 heterocycles. The van der Waals surface area contributed by atoms with Gasteiger partial charge in [0.05, 0.1) is 0 Å². The lowest BCUT2D eigenvalue weighted by molar-refractivity contribution is -0.146. The summed E-state index contributed by atoms with van der Waals surface area (Å²) in [5, 5.41) is 0. The number of piperazine rings is 1. The van der Waals surface area contributed by atoms with Crippen LogP contribution in [0.25, 0.3) is 0 Å². The summed E-state index contributed by atoms with van der Waals surface area (Å²) in [6, 6.07) is 9.29. The Kier molecular flexibility index (Phi) is 2.90. The molecule has 0 spiro atoms. The van der Waals surface area contributed by atoms with Crippen LogP contribution in [0.2, 0.25) is 0 Å². The quantitative estimate of drug-likeness (QED) is 0.691. The summed E-state index contributed by atoms with van der Waals surface area (Å²) in [6.07, 6.45) is 0. The molecule has 4 nitrogen and oxygen atoms in total. The second kappa shape index (κ2) is 4.35. The van der Waals surface area contributed by atoms with E-state index in [-0.39, 0.29) is 0 Å². The van der Waals surface area contributed by atoms with Crippen molar-refractivity contribution in [3.8, 4) is 0 Å². The van der Waals surface area contributed by atoms with Crippen molar-refractivity contribution in [2.24, 2.45) is 0 Å². The molecular weight excluding hydrogens is 204 g/mol. The van der Waals surface area contributed by atoms with Gasteiger partial charge < -0.3 is 9.80 Å². The van der Waals surface area contributed by atoms with Crippen LogP contribution >= 0.6 is 0 Å². The van der Waals surface area contributed by atoms with Crippen LogP contribution < -0.4 is 4.90 Å². The Morgan fingerprint density at radius 2 is 1.75 bits per heavy atom. The van der Waals surface area contributed by atoms with Crippen molar-refractivity contribution < 1.29 is 9.59 Å². The van der Waals surface area contributed by atoms with Gasteiger partial charge in [0.25, 0.3) is 0 Å². The second-order valence-corrected chi connectivity index (χ2v) is 3.68. The van der Waals surface area contributed by atoms with E-state index < -0.39 is 11.8 Å². The molecule has 1 aromatic rings. The first kappa shape index (κ1) is 10.7. The van der Waals surface area contributed by atoms with Gasteiger partial charge in [0, 0.05) is 25.3 Å². The minimum absolute atomic E-state index is 0.405. The highest BCUT2D eigenvalue weighted by Crippen LogP contribution is 2.16. The molecule has 0 radical (unpaired) electrons. The molecular formula is C12H14N2O2. The molecule has 1 aliphatic rings. The van der Waals surface area contributed by atoms with Gasteiger partial charge in [-0.25, -0.2) is 0 Å². The van der Waals surface area contributed by atoms with Gasteiger partial charge in [0.1, 0.15) is 0 Å². The first-order valence-electron chi connectivity index (χ1n) is 5.40. The van der Waals surface area contributed by atoms with Gasteiger partial charge in [-0.15, -0.1) is 0 Å². The average Bonchev–Trinajstić information content (AvgIpc) is 2.34. The van der Waals surface area contributed by atoms with E-state index in [2.05, 4.69) is 0 Å². The molecule has 0 aromatic heterocycles. The topological polar surface area (TPSA) is 40.6 Å². The van der Waals surface area contributed by atoms with Gasteiger partial charge in [-0.3, -0.25) is 9.59 Å². The number of carbonyl (C=O) groups excluding carboxylic acids is 2. The van der Waals surface area contributed by atoms with Crippen LogP contribution in [0.3, 0.4) is 0 Å². The predicted molar refractivity (Wildman–Crippen MR) is 61.0 cm³/mol. The van der Waals surface area contributed by atoms with E-state index in [1.165, 1.54) is 4.90 Å². The number of amides is 2. The fourth-order valence-electron chi connectivity index (χ4n) is 1.83. The third-order valence-corrected chi connectivity index (χ3v) is 2.76. The standard InChI is InChI=1S/C12H14N2O2/c1-2-13-8-9-14(12(16)11(13)15)10-6-4-3-5-7-10/h3-7H,2,8-9H2,1H3. The maximum atomic E-state index is 11.8. The predicted octanol–water partition coefficient (Wildman–Crippen LogP) is 0.882. The molecule has 84 valence electrons. The van der Waals surface area contributed by atoms with Crippen molar-refractivity contribution in [2.75, 3.05) is 24.5 Å². The van der Waals surface area contributed by atoms with E-state index in [1.54, 1.807) is 4.90 Å². The number of likely N-dealkylation sites (N-methyl/N-ethyl adjacent to an activating group) is 1. The van der Waals surface area contributed by atoms with E-state index in [9.17, 15) is 9.59 Å². The van der Waals surface area contributed by atoms with Crippen molar-refractivity contribution in [2.45, 2.75) is 6.92 Å². The normalized spacial score (nSPS) is 16.8. The summed E-state index contributed by atoms with van der Waals surface area (Å²) in [6.45, 7) is 3.65. The highest BCUT2D eigenvalue weighted by atomic mass is 16.2. The molecule has 0 unspecified atom stereocenters. The van der Waals surface area contributed by atoms with E-state index in [0.717, 1.165) is 5.69 Å². The molecule has 0 N–H and O–H groups in total. The Morgan fingerprint density at radius 3 is 2.38 bits per heavy atom. The lowest BCUT2D eigenvalue weighted by atomic mass is 10.2. The van der Waals surface area contributed by atoms with Crippen LogP contribution in [0.4, 0.5) is 5.69 Å². The average molecular weight is 218 g/mol. The van der Waals surface area contributed by atoms with E-state index in [0.29, 0.717) is 19.6 Å². The zero-order valence-corrected chi connectivity index (χ0v) is 9.22. The first-order chi connectivity index (χ1) is 7.74. The maximum Gasteiger partial charge on any atom is 0.316 e. The maximum absolute atomic E-state index is 11.8. The number of rotatable bonds is 2. The van der Waals surface area contributed by atoms with Crippen molar-refractivity contribution in [1.82, 2.24) is 4.90 Å². The van der Waals surface area contributed by atoms with Crippen molar-refractivity contribution in [3.05, 3.63) is 30.3 Å². The van der Waals surface area contributed by atoms with Crippen LogP contribution in [-0.2, 0) is 9.59 Å². The van der Waals surface area contributed by atoms with Gasteiger partial charge in [0.15, 0.2) is 0 Å². The summed E-state index contributed by atoms with van der Waals surface area (Å²) < 4.78 is 0. The molecule has 1 fully saturated rings. The van der Waals surface area contributed by atoms with Gasteiger partial charge in [-0.05, 0) is 19.1 Å². The van der Waals surface area contributed by atoms with Crippen LogP contribution in [0.5, 0.6) is 0 Å². The highest BCUT2D eigenvalue weighted by Gasteiger charge is 2.32. The SMILES string of the molecule is CCN1CCN(c2ccccc2)C(=O)C1=O. The van der Waals surface area contributed by atoms with Crippen molar-refractivity contribution in [3.63, 3.8) is 0 Å². The molecule has 0 aliphatic carbocycles. The fourth-order valence-corrected chi connectivity index (χ4v) is 1.83. The Morgan fingerprint density at radius 1 is 1.06 bits per heavy atom. The molecule has 2 amide bonds. The van der Waals surface area contributed by atoms with E-state index >= 15 is 0 Å². The minimum atomic E-state index is -0.431. The Balaban J connectivity index is 2.21. The molecule has 4 heteroatoms. The van der Waals surface area contributed by atoms with Crippen LogP contribution in [-0.4, -0.2) is 36.3 Å². The molecule has 1 saturated heterocycles. The largest absolute Gasteiger partial charge is 0.333 e. The lowest BCUT2D eigenvalue weighted by Crippen LogP contribution is -2.54. The van der Waals surface area contributed by atoms with Gasteiger partial charge in [0.2, 0.25) is 0 Å². The third kappa shape index (κ3) is 1.78. The smallest absolute Gasteiger partial charge is 0.316 e. The Labute approximate surface area is 94.5 Å². The number of para-hydroxylation sites is 1. The van der Waals surface area contributed by atoms with Gasteiger partial charge in [-0.1, -0.05) is 18.2 Å². The lowest BCUT2D eigenvalue weighted by Gasteiger charge is -2.33. The van der Waals surface area contributed by atoms with Crippen molar-refractivity contribution >= 4 is 17.5 Å². The second-order valence-electron chi connectivity index (χ2n) is 3.68. The highest BCUT2D eigenvalue weighted by molar-refractivity contribution is 6.40. The molecule has 1 aliphatic heterocycles. The minimum Gasteiger partial charge on any atom is -0.333 e. The van der Waals surface area contributed by atoms with Crippen LogP contribution in [0.1, 0.15) is 6.92 Å². The number of anilines is 1. The van der Waals surface area contributed by atoms with Gasteiger partial charge in [-0.2, -0.15) is 0 Å². The zero-order valence-electron chi connectivity index (χ0n) is 9.22. The number of carbonyl (C=O) groups is 2. The monoisotopic (exact) mass is 218 g/mol. The fraction of sp³-hybridized carbons (Fsp3) is 0.333. The molecule has 16 heavy (non-hydrogen) atoms. The Hall–Kier alpha value is -1.84. The van der Waals surface area contributed by atoms with Crippen LogP contribution in [0, 0.1) is 0 Å². The van der Waals surface area contributed by atoms with Crippen LogP contribution in [0.15, 0.2) is 30.3 Å². The number of hydrogen-bond donors (Lipinski definition) is 0. The molecule has 0 bridgehead atoms. The van der Waals surface area contributed by atoms with E-state index in [4.69, 9.17) is 0 Å². The summed E-state index contributed by atoms with van der Waals surface area (Å²) in [4.78, 5) is 26.6. The third-order valence-electron chi connectivity index (χ3n) is 2.76. The summed E-state index contributed by atoms with van der Waals surface area (Å²) in [5.74, 6) is -0.836. The number of nitrogens with zero attached hydrogens (tertiary/aromatic N) is 2. The number of hydrogen-bond acceptors (Lipinski definition) is 2. The summed E-state index contributed by atoms with van der Waals surface area (Å²) in [7, 11) is 0. The molecule has 0 atom stereocenters. The van der Waals surface area contributed by atoms with Gasteiger partial charge >= 0.3 is 11.8 Å². The van der Waals surface area contributed by atoms with Crippen molar-refractivity contribution in [1.29, 1.82) is 0 Å². The van der Waals surface area contributed by atoms with E-state index in [1.807, 2.05) is 37.3 Å². The molecule has 2 rings (SSSR count).